The first-order chi connectivity index (χ1) is 3.93. The van der Waals surface area contributed by atoms with Crippen LogP contribution in [0.1, 0.15) is 32.1 Å². The summed E-state index contributed by atoms with van der Waals surface area (Å²) in [6, 6.07) is 0. The van der Waals surface area contributed by atoms with E-state index < -0.39 is 0 Å². The fourth-order valence-electron chi connectivity index (χ4n) is 0.942. The van der Waals surface area contributed by atoms with Gasteiger partial charge in [0, 0.05) is 5.75 Å². The second-order valence-electron chi connectivity index (χ2n) is 2.64. The van der Waals surface area contributed by atoms with Gasteiger partial charge in [0.05, 0.1) is 0 Å². The quantitative estimate of drug-likeness (QED) is 0.512. The summed E-state index contributed by atoms with van der Waals surface area (Å²) >= 11 is 4.82. The lowest BCUT2D eigenvalue weighted by molar-refractivity contribution is 0.658. The van der Waals surface area contributed by atoms with Crippen molar-refractivity contribution in [3.05, 3.63) is 0 Å². The largest absolute Gasteiger partial charge is 0.0942 e. The standard InChI is InChI=1S/C7H13S/c8-6-2-1-3-7-4-5-7/h7H,1-6H2. The van der Waals surface area contributed by atoms with E-state index in [1.165, 1.54) is 32.1 Å². The van der Waals surface area contributed by atoms with Gasteiger partial charge in [-0.05, 0) is 12.3 Å². The zero-order chi connectivity index (χ0) is 5.82. The molecule has 0 bridgehead atoms. The molecule has 0 atom stereocenters. The molecule has 0 amide bonds. The van der Waals surface area contributed by atoms with Gasteiger partial charge in [-0.25, -0.2) is 0 Å². The molecule has 0 spiro atoms. The van der Waals surface area contributed by atoms with E-state index in [0.29, 0.717) is 0 Å². The molecule has 47 valence electrons. The third kappa shape index (κ3) is 2.61. The first-order valence-corrected chi connectivity index (χ1v) is 4.09. The molecule has 1 heteroatoms. The van der Waals surface area contributed by atoms with Gasteiger partial charge in [-0.2, -0.15) is 0 Å². The summed E-state index contributed by atoms with van der Waals surface area (Å²) in [6.07, 6.45) is 7.10. The lowest BCUT2D eigenvalue weighted by Gasteiger charge is -1.91. The second kappa shape index (κ2) is 3.39. The average molecular weight is 129 g/mol. The molecule has 1 fully saturated rings. The van der Waals surface area contributed by atoms with Crippen molar-refractivity contribution < 1.29 is 0 Å². The van der Waals surface area contributed by atoms with Gasteiger partial charge in [-0.1, -0.05) is 38.3 Å². The van der Waals surface area contributed by atoms with Crippen molar-refractivity contribution in [2.45, 2.75) is 32.1 Å². The van der Waals surface area contributed by atoms with Gasteiger partial charge >= 0.3 is 0 Å². The van der Waals surface area contributed by atoms with Crippen molar-refractivity contribution in [3.8, 4) is 0 Å². The fourth-order valence-corrected chi connectivity index (χ4v) is 1.15. The Labute approximate surface area is 57.1 Å². The molecule has 8 heavy (non-hydrogen) atoms. The van der Waals surface area contributed by atoms with E-state index in [2.05, 4.69) is 0 Å². The Bertz CT molecular complexity index is 57.4. The Balaban J connectivity index is 1.74. The van der Waals surface area contributed by atoms with E-state index in [4.69, 9.17) is 12.6 Å². The van der Waals surface area contributed by atoms with Crippen LogP contribution >= 0.6 is 12.6 Å². The minimum absolute atomic E-state index is 0.965. The highest BCUT2D eigenvalue weighted by molar-refractivity contribution is 7.80. The van der Waals surface area contributed by atoms with E-state index in [9.17, 15) is 0 Å². The maximum atomic E-state index is 4.82. The van der Waals surface area contributed by atoms with Crippen LogP contribution < -0.4 is 0 Å². The first kappa shape index (κ1) is 6.47. The van der Waals surface area contributed by atoms with Crippen molar-refractivity contribution in [2.24, 2.45) is 5.92 Å². The van der Waals surface area contributed by atoms with Gasteiger partial charge < -0.3 is 0 Å². The molecule has 1 rings (SSSR count). The third-order valence-corrected chi connectivity index (χ3v) is 1.99. The predicted octanol–water partition coefficient (Wildman–Crippen LogP) is 2.76. The summed E-state index contributed by atoms with van der Waals surface area (Å²) in [5.41, 5.74) is 0. The van der Waals surface area contributed by atoms with Crippen LogP contribution in [-0.4, -0.2) is 5.75 Å². The topological polar surface area (TPSA) is 0 Å². The highest BCUT2D eigenvalue weighted by atomic mass is 32.1. The summed E-state index contributed by atoms with van der Waals surface area (Å²) < 4.78 is 0. The van der Waals surface area contributed by atoms with Crippen LogP contribution in [0.15, 0.2) is 0 Å². The maximum Gasteiger partial charge on any atom is 0.00369 e. The van der Waals surface area contributed by atoms with Gasteiger partial charge in [0.15, 0.2) is 0 Å². The molecule has 0 aliphatic heterocycles. The second-order valence-corrected chi connectivity index (χ2v) is 3.05. The van der Waals surface area contributed by atoms with Crippen molar-refractivity contribution in [3.63, 3.8) is 0 Å². The van der Waals surface area contributed by atoms with Crippen molar-refractivity contribution in [1.29, 1.82) is 0 Å². The highest BCUT2D eigenvalue weighted by Gasteiger charge is 2.19. The Kier molecular flexibility index (Phi) is 2.74. The van der Waals surface area contributed by atoms with Gasteiger partial charge in [0.25, 0.3) is 0 Å². The lowest BCUT2D eigenvalue weighted by atomic mass is 10.2. The summed E-state index contributed by atoms with van der Waals surface area (Å²) in [5, 5.41) is 0. The smallest absolute Gasteiger partial charge is 0.00369 e. The minimum Gasteiger partial charge on any atom is -0.0942 e. The van der Waals surface area contributed by atoms with Gasteiger partial charge in [-0.3, -0.25) is 0 Å². The molecule has 0 nitrogen and oxygen atoms in total. The van der Waals surface area contributed by atoms with Crippen LogP contribution in [0.2, 0.25) is 0 Å². The Hall–Kier alpha value is 0.350. The summed E-state index contributed by atoms with van der Waals surface area (Å²) in [7, 11) is 0. The summed E-state index contributed by atoms with van der Waals surface area (Å²) in [6.45, 7) is 0. The molecule has 0 N–H and O–H groups in total. The molecule has 1 saturated carbocycles. The van der Waals surface area contributed by atoms with Crippen molar-refractivity contribution >= 4 is 12.6 Å². The van der Waals surface area contributed by atoms with Gasteiger partial charge in [0.1, 0.15) is 0 Å². The van der Waals surface area contributed by atoms with Crippen LogP contribution in [-0.2, 0) is 0 Å². The molecule has 0 aromatic carbocycles. The Morgan fingerprint density at radius 1 is 1.25 bits per heavy atom. The summed E-state index contributed by atoms with van der Waals surface area (Å²) in [4.78, 5) is 0. The number of hydrogen-bond acceptors (Lipinski definition) is 0. The van der Waals surface area contributed by atoms with Crippen molar-refractivity contribution in [2.75, 3.05) is 5.75 Å². The molecule has 1 aliphatic rings. The fraction of sp³-hybridized carbons (Fsp3) is 1.00. The third-order valence-electron chi connectivity index (χ3n) is 1.70. The van der Waals surface area contributed by atoms with E-state index in [-0.39, 0.29) is 0 Å². The molecule has 0 saturated heterocycles. The monoisotopic (exact) mass is 129 g/mol. The van der Waals surface area contributed by atoms with Gasteiger partial charge in [0.2, 0.25) is 0 Å². The Morgan fingerprint density at radius 2 is 2.00 bits per heavy atom. The lowest BCUT2D eigenvalue weighted by Crippen LogP contribution is -1.78. The SMILES string of the molecule is [S]CCCCC1CC1. The molecule has 0 heterocycles. The average Bonchev–Trinajstić information content (AvgIpc) is 2.51. The number of hydrogen-bond donors (Lipinski definition) is 0. The van der Waals surface area contributed by atoms with Crippen LogP contribution in [0, 0.1) is 5.92 Å². The normalized spacial score (nSPS) is 19.1. The molecule has 1 radical (unpaired) electrons. The summed E-state index contributed by atoms with van der Waals surface area (Å²) in [5.74, 6) is 2.07. The molecule has 1 aliphatic carbocycles. The van der Waals surface area contributed by atoms with Crippen LogP contribution in [0.25, 0.3) is 0 Å². The number of rotatable bonds is 4. The molecular formula is C7H13S. The molecule has 0 aromatic heterocycles. The van der Waals surface area contributed by atoms with E-state index in [0.717, 1.165) is 11.7 Å². The molecular weight excluding hydrogens is 116 g/mol. The zero-order valence-corrected chi connectivity index (χ0v) is 6.04. The van der Waals surface area contributed by atoms with E-state index in [1.54, 1.807) is 0 Å². The maximum absolute atomic E-state index is 4.82. The zero-order valence-electron chi connectivity index (χ0n) is 5.23. The predicted molar refractivity (Wildman–Crippen MR) is 39.0 cm³/mol. The van der Waals surface area contributed by atoms with E-state index in [1.807, 2.05) is 0 Å². The van der Waals surface area contributed by atoms with Crippen molar-refractivity contribution in [1.82, 2.24) is 0 Å². The number of unbranched alkanes of at least 4 members (excludes halogenated alkanes) is 1. The minimum atomic E-state index is 0.965. The Morgan fingerprint density at radius 3 is 2.50 bits per heavy atom. The van der Waals surface area contributed by atoms with Crippen LogP contribution in [0.4, 0.5) is 0 Å². The van der Waals surface area contributed by atoms with E-state index >= 15 is 0 Å². The van der Waals surface area contributed by atoms with Gasteiger partial charge in [-0.15, -0.1) is 0 Å². The highest BCUT2D eigenvalue weighted by Crippen LogP contribution is 2.33. The first-order valence-electron chi connectivity index (χ1n) is 3.51. The van der Waals surface area contributed by atoms with Crippen LogP contribution in [0.3, 0.4) is 0 Å². The molecule has 0 unspecified atom stereocenters. The molecule has 0 aromatic rings. The van der Waals surface area contributed by atoms with Crippen LogP contribution in [0.5, 0.6) is 0 Å².